The number of carbonyl (C=O) groups excluding carboxylic acids is 3. The van der Waals surface area contributed by atoms with Crippen molar-refractivity contribution < 1.29 is 14.4 Å². The number of amides is 3. The number of hydrogen-bond acceptors (Lipinski definition) is 4. The Bertz CT molecular complexity index is 1330. The van der Waals surface area contributed by atoms with Gasteiger partial charge in [-0.2, -0.15) is 0 Å². The zero-order chi connectivity index (χ0) is 31.5. The summed E-state index contributed by atoms with van der Waals surface area (Å²) in [6.07, 6.45) is 8.36. The zero-order valence-corrected chi connectivity index (χ0v) is 28.5. The lowest BCUT2D eigenvalue weighted by Gasteiger charge is -2.47. The molecule has 1 aliphatic heterocycles. The molecule has 0 unspecified atom stereocenters. The lowest BCUT2D eigenvalue weighted by molar-refractivity contribution is -0.146. The van der Waals surface area contributed by atoms with Crippen molar-refractivity contribution in [3.8, 4) is 0 Å². The summed E-state index contributed by atoms with van der Waals surface area (Å²) >= 11 is 6.13. The van der Waals surface area contributed by atoms with Gasteiger partial charge in [0, 0.05) is 42.2 Å². The van der Waals surface area contributed by atoms with Crippen LogP contribution in [0.5, 0.6) is 0 Å². The number of benzene rings is 2. The van der Waals surface area contributed by atoms with E-state index in [1.54, 1.807) is 0 Å². The van der Waals surface area contributed by atoms with E-state index >= 15 is 0 Å². The minimum Gasteiger partial charge on any atom is -0.352 e. The molecule has 1 saturated heterocycles. The normalized spacial score (nSPS) is 22.1. The number of rotatable bonds is 8. The summed E-state index contributed by atoms with van der Waals surface area (Å²) in [5, 5.41) is 7.13. The number of carbonyl (C=O) groups is 3. The van der Waals surface area contributed by atoms with E-state index in [1.165, 1.54) is 19.3 Å². The monoisotopic (exact) mass is 656 g/mol. The van der Waals surface area contributed by atoms with Gasteiger partial charge in [0.2, 0.25) is 17.7 Å². The highest BCUT2D eigenvalue weighted by Crippen LogP contribution is 2.46. The molecular weight excluding hydrogens is 607 g/mol. The van der Waals surface area contributed by atoms with Gasteiger partial charge in [-0.1, -0.05) is 67.3 Å². The first-order valence-electron chi connectivity index (χ1n) is 16.4. The van der Waals surface area contributed by atoms with Crippen LogP contribution in [0.1, 0.15) is 94.9 Å². The van der Waals surface area contributed by atoms with Crippen molar-refractivity contribution in [1.29, 1.82) is 0 Å². The van der Waals surface area contributed by atoms with Crippen LogP contribution < -0.4 is 16.4 Å². The van der Waals surface area contributed by atoms with Crippen LogP contribution in [0.2, 0.25) is 5.02 Å². The molecule has 0 radical (unpaired) electrons. The van der Waals surface area contributed by atoms with Gasteiger partial charge in [0.05, 0.1) is 11.3 Å². The van der Waals surface area contributed by atoms with Gasteiger partial charge in [-0.3, -0.25) is 14.4 Å². The first kappa shape index (κ1) is 35.2. The van der Waals surface area contributed by atoms with Crippen molar-refractivity contribution >= 4 is 41.7 Å². The Morgan fingerprint density at radius 1 is 1.00 bits per heavy atom. The van der Waals surface area contributed by atoms with Gasteiger partial charge in [0.15, 0.2) is 0 Å². The van der Waals surface area contributed by atoms with Gasteiger partial charge in [-0.15, -0.1) is 12.4 Å². The molecule has 2 fully saturated rings. The van der Waals surface area contributed by atoms with Crippen LogP contribution in [0.25, 0.3) is 0 Å². The summed E-state index contributed by atoms with van der Waals surface area (Å²) in [5.74, 6) is 0.0203. The third kappa shape index (κ3) is 8.41. The molecule has 3 amide bonds. The molecule has 5 rings (SSSR count). The molecule has 2 aromatic carbocycles. The van der Waals surface area contributed by atoms with Crippen LogP contribution in [0.3, 0.4) is 0 Å². The third-order valence-corrected chi connectivity index (χ3v) is 10.4. The van der Waals surface area contributed by atoms with Crippen LogP contribution >= 0.6 is 24.0 Å². The van der Waals surface area contributed by atoms with E-state index in [-0.39, 0.29) is 60.1 Å². The number of piperidine rings is 1. The number of nitrogens with two attached hydrogens (primary N) is 1. The molecule has 45 heavy (non-hydrogen) atoms. The zero-order valence-electron chi connectivity index (χ0n) is 26.9. The second-order valence-electron chi connectivity index (χ2n) is 14.4. The summed E-state index contributed by atoms with van der Waals surface area (Å²) < 4.78 is 0. The number of fused-ring (bicyclic) bond motifs is 1. The lowest BCUT2D eigenvalue weighted by atomic mass is 9.63. The van der Waals surface area contributed by atoms with Gasteiger partial charge in [0.1, 0.15) is 0 Å². The average molecular weight is 658 g/mol. The average Bonchev–Trinajstić information content (AvgIpc) is 3.34. The predicted octanol–water partition coefficient (Wildman–Crippen LogP) is 6.16. The quantitative estimate of drug-likeness (QED) is 0.317. The number of halogens is 2. The lowest BCUT2D eigenvalue weighted by Crippen LogP contribution is -2.57. The molecule has 4 N–H and O–H groups in total. The van der Waals surface area contributed by atoms with Gasteiger partial charge >= 0.3 is 0 Å². The van der Waals surface area contributed by atoms with Gasteiger partial charge in [0.25, 0.3) is 0 Å². The van der Waals surface area contributed by atoms with E-state index < -0.39 is 5.41 Å². The van der Waals surface area contributed by atoms with Crippen LogP contribution in [0.4, 0.5) is 0 Å². The van der Waals surface area contributed by atoms with Crippen molar-refractivity contribution in [2.24, 2.45) is 23.0 Å². The fraction of sp³-hybridized carbons (Fsp3) is 0.583. The molecule has 3 aliphatic rings. The Morgan fingerprint density at radius 2 is 1.64 bits per heavy atom. The summed E-state index contributed by atoms with van der Waals surface area (Å²) in [7, 11) is 0. The second kappa shape index (κ2) is 14.9. The topological polar surface area (TPSA) is 105 Å². The van der Waals surface area contributed by atoms with E-state index in [1.807, 2.05) is 74.2 Å². The Hall–Kier alpha value is -2.61. The van der Waals surface area contributed by atoms with E-state index in [9.17, 15) is 14.4 Å². The van der Waals surface area contributed by atoms with E-state index in [0.29, 0.717) is 49.7 Å². The van der Waals surface area contributed by atoms with Crippen molar-refractivity contribution in [2.75, 3.05) is 13.1 Å². The first-order valence-corrected chi connectivity index (χ1v) is 16.8. The van der Waals surface area contributed by atoms with Crippen LogP contribution in [0.15, 0.2) is 48.5 Å². The number of nitrogens with one attached hydrogen (secondary N) is 2. The molecule has 9 heteroatoms. The van der Waals surface area contributed by atoms with Crippen LogP contribution in [-0.4, -0.2) is 47.3 Å². The number of hydrogen-bond donors (Lipinski definition) is 3. The van der Waals surface area contributed by atoms with E-state index in [4.69, 9.17) is 17.3 Å². The molecule has 1 saturated carbocycles. The van der Waals surface area contributed by atoms with Crippen LogP contribution in [0, 0.1) is 17.3 Å². The highest BCUT2D eigenvalue weighted by molar-refractivity contribution is 6.30. The minimum absolute atomic E-state index is 0. The maximum Gasteiger partial charge on any atom is 0.227 e. The Labute approximate surface area is 279 Å². The van der Waals surface area contributed by atoms with Gasteiger partial charge in [-0.05, 0) is 94.0 Å². The molecule has 2 aliphatic carbocycles. The molecule has 0 spiro atoms. The first-order chi connectivity index (χ1) is 20.9. The molecule has 7 nitrogen and oxygen atoms in total. The SMILES string of the molecule is CC(C)(C)NC(=O)C1(C2CCCCC2)CCN(C(=O)C[C@@H](Cc2ccc(Cl)cc2)NC(=O)[C@@H]2Cc3ccccc3[C@@H]2N)CC1.Cl. The Morgan fingerprint density at radius 3 is 2.27 bits per heavy atom. The number of nitrogens with zero attached hydrogens (tertiary/aromatic N) is 1. The van der Waals surface area contributed by atoms with E-state index in [0.717, 1.165) is 29.5 Å². The summed E-state index contributed by atoms with van der Waals surface area (Å²) in [6, 6.07) is 14.7. The van der Waals surface area contributed by atoms with Crippen LogP contribution in [-0.2, 0) is 27.2 Å². The largest absolute Gasteiger partial charge is 0.352 e. The van der Waals surface area contributed by atoms with Crippen molar-refractivity contribution in [3.63, 3.8) is 0 Å². The smallest absolute Gasteiger partial charge is 0.227 e. The molecule has 3 atom stereocenters. The van der Waals surface area contributed by atoms with Gasteiger partial charge < -0.3 is 21.3 Å². The maximum atomic E-state index is 13.8. The van der Waals surface area contributed by atoms with E-state index in [2.05, 4.69) is 10.6 Å². The fourth-order valence-electron chi connectivity index (χ4n) is 7.71. The molecule has 0 bridgehead atoms. The highest BCUT2D eigenvalue weighted by atomic mass is 35.5. The fourth-order valence-corrected chi connectivity index (χ4v) is 7.83. The third-order valence-electron chi connectivity index (χ3n) is 10.1. The molecule has 246 valence electrons. The Balaban J connectivity index is 0.00000461. The maximum absolute atomic E-state index is 13.8. The van der Waals surface area contributed by atoms with Crippen molar-refractivity contribution in [2.45, 2.75) is 103 Å². The van der Waals surface area contributed by atoms with Crippen molar-refractivity contribution in [1.82, 2.24) is 15.5 Å². The summed E-state index contributed by atoms with van der Waals surface area (Å²) in [5.41, 5.74) is 8.91. The molecule has 0 aromatic heterocycles. The molecule has 1 heterocycles. The standard InChI is InChI=1S/C36H49ClN4O3.ClH/c1-35(2,3)40-34(44)36(26-10-5-4-6-11-26)17-19-41(20-18-36)31(42)23-28(21-24-13-15-27(37)16-14-24)39-33(43)30-22-25-9-7-8-12-29(25)32(30)38;/h7-9,12-16,26,28,30,32H,4-6,10-11,17-23,38H2,1-3H3,(H,39,43)(H,40,44);1H/t28-,30-,32+;/m1./s1. The predicted molar refractivity (Wildman–Crippen MR) is 182 cm³/mol. The summed E-state index contributed by atoms with van der Waals surface area (Å²) in [4.78, 5) is 43.1. The molecular formula is C36H50Cl2N4O3. The van der Waals surface area contributed by atoms with Crippen molar-refractivity contribution in [3.05, 3.63) is 70.2 Å². The Kier molecular flexibility index (Phi) is 11.6. The second-order valence-corrected chi connectivity index (χ2v) is 14.8. The summed E-state index contributed by atoms with van der Waals surface area (Å²) in [6.45, 7) is 7.20. The van der Waals surface area contributed by atoms with Gasteiger partial charge in [-0.25, -0.2) is 0 Å². The highest BCUT2D eigenvalue weighted by Gasteiger charge is 2.48. The number of likely N-dealkylation sites (tertiary alicyclic amines) is 1. The molecule has 2 aromatic rings. The minimum atomic E-state index is -0.435.